The average Bonchev–Trinajstić information content (AvgIpc) is 2.45. The van der Waals surface area contributed by atoms with Crippen LogP contribution in [0, 0.1) is 0 Å². The Balaban J connectivity index is 2.38. The van der Waals surface area contributed by atoms with Gasteiger partial charge in [0.25, 0.3) is 0 Å². The standard InChI is InChI=1S/C11H12O2/c1-7-9-5-3-4-6-10(9)13-11(7)8(2)12/h3-7,11H,1-2H3/t7-,11-/m0/s1. The van der Waals surface area contributed by atoms with Crippen molar-refractivity contribution < 1.29 is 9.53 Å². The number of Topliss-reactive ketones (excluding diaryl/α,β-unsaturated/α-hetero) is 1. The quantitative estimate of drug-likeness (QED) is 0.655. The summed E-state index contributed by atoms with van der Waals surface area (Å²) in [7, 11) is 0. The molecule has 0 fully saturated rings. The van der Waals surface area contributed by atoms with E-state index in [9.17, 15) is 4.79 Å². The fourth-order valence-corrected chi connectivity index (χ4v) is 1.80. The first-order valence-electron chi connectivity index (χ1n) is 4.46. The fraction of sp³-hybridized carbons (Fsp3) is 0.364. The average molecular weight is 176 g/mol. The van der Waals surface area contributed by atoms with Crippen LogP contribution in [-0.2, 0) is 4.79 Å². The number of carbonyl (C=O) groups excluding carboxylic acids is 1. The number of carbonyl (C=O) groups is 1. The summed E-state index contributed by atoms with van der Waals surface area (Å²) in [5.74, 6) is 1.15. The van der Waals surface area contributed by atoms with E-state index in [4.69, 9.17) is 4.74 Å². The summed E-state index contributed by atoms with van der Waals surface area (Å²) in [5, 5.41) is 0. The van der Waals surface area contributed by atoms with Gasteiger partial charge in [0.2, 0.25) is 0 Å². The van der Waals surface area contributed by atoms with Crippen molar-refractivity contribution in [3.8, 4) is 5.75 Å². The molecule has 0 unspecified atom stereocenters. The highest BCUT2D eigenvalue weighted by atomic mass is 16.5. The lowest BCUT2D eigenvalue weighted by Gasteiger charge is -2.10. The van der Waals surface area contributed by atoms with E-state index >= 15 is 0 Å². The highest BCUT2D eigenvalue weighted by Crippen LogP contribution is 2.37. The van der Waals surface area contributed by atoms with Crippen LogP contribution < -0.4 is 4.74 Å². The van der Waals surface area contributed by atoms with Crippen LogP contribution in [0.4, 0.5) is 0 Å². The maximum atomic E-state index is 11.2. The van der Waals surface area contributed by atoms with Crippen LogP contribution in [0.3, 0.4) is 0 Å². The summed E-state index contributed by atoms with van der Waals surface area (Å²) in [5.41, 5.74) is 1.14. The molecule has 1 heterocycles. The molecule has 13 heavy (non-hydrogen) atoms. The van der Waals surface area contributed by atoms with Crippen LogP contribution in [0.15, 0.2) is 24.3 Å². The fourth-order valence-electron chi connectivity index (χ4n) is 1.80. The molecule has 2 rings (SSSR count). The van der Waals surface area contributed by atoms with Crippen molar-refractivity contribution >= 4 is 5.78 Å². The van der Waals surface area contributed by atoms with Gasteiger partial charge in [-0.05, 0) is 13.0 Å². The zero-order valence-electron chi connectivity index (χ0n) is 7.78. The van der Waals surface area contributed by atoms with Gasteiger partial charge in [-0.2, -0.15) is 0 Å². The van der Waals surface area contributed by atoms with Crippen LogP contribution in [0.25, 0.3) is 0 Å². The lowest BCUT2D eigenvalue weighted by atomic mass is 9.96. The Bertz CT molecular complexity index is 344. The van der Waals surface area contributed by atoms with Crippen molar-refractivity contribution in [3.63, 3.8) is 0 Å². The van der Waals surface area contributed by atoms with Gasteiger partial charge in [-0.1, -0.05) is 25.1 Å². The second kappa shape index (κ2) is 2.87. The van der Waals surface area contributed by atoms with E-state index in [0.29, 0.717) is 0 Å². The second-order valence-electron chi connectivity index (χ2n) is 3.48. The lowest BCUT2D eigenvalue weighted by molar-refractivity contribution is -0.123. The Morgan fingerprint density at radius 1 is 1.38 bits per heavy atom. The molecule has 0 saturated carbocycles. The zero-order chi connectivity index (χ0) is 9.42. The Morgan fingerprint density at radius 3 is 2.69 bits per heavy atom. The first-order valence-corrected chi connectivity index (χ1v) is 4.46. The molecule has 0 saturated heterocycles. The summed E-state index contributed by atoms with van der Waals surface area (Å²) in [6.07, 6.45) is -0.280. The molecule has 0 N–H and O–H groups in total. The first-order chi connectivity index (χ1) is 6.20. The second-order valence-corrected chi connectivity index (χ2v) is 3.48. The molecule has 2 nitrogen and oxygen atoms in total. The Labute approximate surface area is 77.5 Å². The largest absolute Gasteiger partial charge is 0.482 e. The molecule has 0 aliphatic carbocycles. The van der Waals surface area contributed by atoms with Crippen LogP contribution in [0.2, 0.25) is 0 Å². The molecule has 2 heteroatoms. The summed E-state index contributed by atoms with van der Waals surface area (Å²) in [4.78, 5) is 11.2. The predicted octanol–water partition coefficient (Wildman–Crippen LogP) is 2.14. The number of ketones is 1. The van der Waals surface area contributed by atoms with Gasteiger partial charge in [0.05, 0.1) is 0 Å². The molecule has 1 aliphatic heterocycles. The van der Waals surface area contributed by atoms with Gasteiger partial charge in [0.15, 0.2) is 11.9 Å². The third kappa shape index (κ3) is 1.22. The minimum absolute atomic E-state index is 0.101. The molecule has 0 radical (unpaired) electrons. The predicted molar refractivity (Wildman–Crippen MR) is 50.0 cm³/mol. The number of rotatable bonds is 1. The third-order valence-electron chi connectivity index (χ3n) is 2.52. The van der Waals surface area contributed by atoms with Crippen LogP contribution in [-0.4, -0.2) is 11.9 Å². The monoisotopic (exact) mass is 176 g/mol. The molecule has 68 valence electrons. The molecule has 0 spiro atoms. The number of fused-ring (bicyclic) bond motifs is 1. The lowest BCUT2D eigenvalue weighted by Crippen LogP contribution is -2.25. The van der Waals surface area contributed by atoms with Crippen molar-refractivity contribution in [1.29, 1.82) is 0 Å². The van der Waals surface area contributed by atoms with Crippen molar-refractivity contribution in [2.75, 3.05) is 0 Å². The Hall–Kier alpha value is -1.31. The van der Waals surface area contributed by atoms with Crippen molar-refractivity contribution in [2.24, 2.45) is 0 Å². The summed E-state index contributed by atoms with van der Waals surface area (Å²) in [6.45, 7) is 3.60. The number of ether oxygens (including phenoxy) is 1. The van der Waals surface area contributed by atoms with Gasteiger partial charge in [0.1, 0.15) is 5.75 Å². The molecule has 1 aliphatic rings. The van der Waals surface area contributed by atoms with Gasteiger partial charge in [-0.15, -0.1) is 0 Å². The molecule has 2 atom stereocenters. The molecule has 0 bridgehead atoms. The van der Waals surface area contributed by atoms with Gasteiger partial charge < -0.3 is 4.74 Å². The van der Waals surface area contributed by atoms with Crippen LogP contribution in [0.1, 0.15) is 25.3 Å². The van der Waals surface area contributed by atoms with E-state index < -0.39 is 0 Å². The molecular formula is C11H12O2. The van der Waals surface area contributed by atoms with E-state index in [2.05, 4.69) is 0 Å². The van der Waals surface area contributed by atoms with Gasteiger partial charge in [-0.25, -0.2) is 0 Å². The molecule has 0 amide bonds. The number of hydrogen-bond donors (Lipinski definition) is 0. The SMILES string of the molecule is CC(=O)[C@H]1Oc2ccccc2[C@@H]1C. The highest BCUT2D eigenvalue weighted by Gasteiger charge is 2.33. The van der Waals surface area contributed by atoms with Gasteiger partial charge in [-0.3, -0.25) is 4.79 Å². The van der Waals surface area contributed by atoms with Crippen LogP contribution in [0.5, 0.6) is 5.75 Å². The normalized spacial score (nSPS) is 25.1. The molecular weight excluding hydrogens is 164 g/mol. The van der Waals surface area contributed by atoms with Crippen LogP contribution >= 0.6 is 0 Å². The van der Waals surface area contributed by atoms with Gasteiger partial charge in [0, 0.05) is 11.5 Å². The summed E-state index contributed by atoms with van der Waals surface area (Å²) >= 11 is 0. The van der Waals surface area contributed by atoms with Crippen molar-refractivity contribution in [1.82, 2.24) is 0 Å². The van der Waals surface area contributed by atoms with E-state index in [1.807, 2.05) is 31.2 Å². The summed E-state index contributed by atoms with van der Waals surface area (Å²) < 4.78 is 5.53. The van der Waals surface area contributed by atoms with E-state index in [-0.39, 0.29) is 17.8 Å². The van der Waals surface area contributed by atoms with Crippen molar-refractivity contribution in [2.45, 2.75) is 25.9 Å². The van der Waals surface area contributed by atoms with E-state index in [1.165, 1.54) is 0 Å². The first kappa shape index (κ1) is 8.30. The highest BCUT2D eigenvalue weighted by molar-refractivity contribution is 5.83. The Kier molecular flexibility index (Phi) is 1.83. The maximum absolute atomic E-state index is 11.2. The minimum atomic E-state index is -0.280. The summed E-state index contributed by atoms with van der Waals surface area (Å²) in [6, 6.07) is 7.83. The zero-order valence-corrected chi connectivity index (χ0v) is 7.78. The Morgan fingerprint density at radius 2 is 2.08 bits per heavy atom. The van der Waals surface area contributed by atoms with E-state index in [0.717, 1.165) is 11.3 Å². The maximum Gasteiger partial charge on any atom is 0.170 e. The number of hydrogen-bond acceptors (Lipinski definition) is 2. The minimum Gasteiger partial charge on any atom is -0.482 e. The molecule has 1 aromatic rings. The van der Waals surface area contributed by atoms with Gasteiger partial charge >= 0.3 is 0 Å². The third-order valence-corrected chi connectivity index (χ3v) is 2.52. The molecule has 0 aromatic heterocycles. The topological polar surface area (TPSA) is 26.3 Å². The smallest absolute Gasteiger partial charge is 0.170 e. The van der Waals surface area contributed by atoms with Crippen molar-refractivity contribution in [3.05, 3.63) is 29.8 Å². The number of para-hydroxylation sites is 1. The van der Waals surface area contributed by atoms with E-state index in [1.54, 1.807) is 6.92 Å². The molecule has 1 aromatic carbocycles. The number of benzene rings is 1.